The van der Waals surface area contributed by atoms with Gasteiger partial charge in [-0.1, -0.05) is 32.4 Å². The molecule has 0 radical (unpaired) electrons. The molecule has 0 saturated heterocycles. The van der Waals surface area contributed by atoms with Crippen LogP contribution < -0.4 is 5.32 Å². The van der Waals surface area contributed by atoms with E-state index in [4.69, 9.17) is 16.3 Å². The van der Waals surface area contributed by atoms with Crippen molar-refractivity contribution in [2.24, 2.45) is 5.41 Å². The van der Waals surface area contributed by atoms with Gasteiger partial charge >= 0.3 is 0 Å². The Morgan fingerprint density at radius 3 is 2.41 bits per heavy atom. The van der Waals surface area contributed by atoms with Crippen LogP contribution in [0.2, 0.25) is 4.34 Å². The molecule has 1 rings (SSSR count). The normalized spacial score (nSPS) is 15.9. The highest BCUT2D eigenvalue weighted by Gasteiger charge is 2.33. The molecule has 17 heavy (non-hydrogen) atoms. The summed E-state index contributed by atoms with van der Waals surface area (Å²) >= 11 is 7.62. The summed E-state index contributed by atoms with van der Waals surface area (Å²) in [7, 11) is 1.97. The maximum atomic E-state index is 6.01. The summed E-state index contributed by atoms with van der Waals surface area (Å²) in [6.45, 7) is 9.36. The first-order chi connectivity index (χ1) is 7.90. The minimum atomic E-state index is 0.0835. The zero-order valence-electron chi connectivity index (χ0n) is 11.2. The lowest BCUT2D eigenvalue weighted by Crippen LogP contribution is -2.40. The molecule has 0 bridgehead atoms. The van der Waals surface area contributed by atoms with E-state index in [9.17, 15) is 0 Å². The Balaban J connectivity index is 2.97. The van der Waals surface area contributed by atoms with Crippen LogP contribution in [-0.4, -0.2) is 19.8 Å². The molecule has 0 aliphatic rings. The van der Waals surface area contributed by atoms with Crippen molar-refractivity contribution in [3.8, 4) is 0 Å². The molecule has 1 aromatic heterocycles. The van der Waals surface area contributed by atoms with E-state index < -0.39 is 0 Å². The van der Waals surface area contributed by atoms with Crippen LogP contribution in [0.4, 0.5) is 0 Å². The van der Waals surface area contributed by atoms with Crippen LogP contribution in [0.25, 0.3) is 0 Å². The Labute approximate surface area is 113 Å². The molecule has 1 heterocycles. The smallest absolute Gasteiger partial charge is 0.0931 e. The van der Waals surface area contributed by atoms with Gasteiger partial charge < -0.3 is 10.1 Å². The van der Waals surface area contributed by atoms with Crippen molar-refractivity contribution in [2.45, 2.75) is 39.8 Å². The van der Waals surface area contributed by atoms with Gasteiger partial charge in [-0.2, -0.15) is 0 Å². The molecule has 2 nitrogen and oxygen atoms in total. The van der Waals surface area contributed by atoms with Gasteiger partial charge in [0.15, 0.2) is 0 Å². The Morgan fingerprint density at radius 1 is 1.41 bits per heavy atom. The second-order valence-corrected chi connectivity index (χ2v) is 6.90. The molecular formula is C13H22ClNOS. The molecule has 1 aromatic rings. The third kappa shape index (κ3) is 3.95. The molecule has 2 unspecified atom stereocenters. The van der Waals surface area contributed by atoms with Crippen LogP contribution in [0, 0.1) is 5.41 Å². The van der Waals surface area contributed by atoms with Crippen LogP contribution in [-0.2, 0) is 4.74 Å². The maximum Gasteiger partial charge on any atom is 0.0931 e. The Bertz CT molecular complexity index is 345. The van der Waals surface area contributed by atoms with Gasteiger partial charge in [0, 0.05) is 11.5 Å². The van der Waals surface area contributed by atoms with E-state index in [2.05, 4.69) is 32.2 Å². The van der Waals surface area contributed by atoms with Crippen molar-refractivity contribution in [3.63, 3.8) is 0 Å². The average Bonchev–Trinajstić information content (AvgIpc) is 2.63. The van der Waals surface area contributed by atoms with Gasteiger partial charge in [-0.05, 0) is 31.5 Å². The minimum absolute atomic E-state index is 0.0835. The number of thiophene rings is 1. The van der Waals surface area contributed by atoms with Crippen LogP contribution in [0.5, 0.6) is 0 Å². The minimum Gasteiger partial charge on any atom is -0.376 e. The summed E-state index contributed by atoms with van der Waals surface area (Å²) < 4.78 is 6.75. The molecule has 98 valence electrons. The Kier molecular flexibility index (Phi) is 5.45. The molecule has 0 aromatic carbocycles. The number of nitrogens with one attached hydrogen (secondary N) is 1. The average molecular weight is 276 g/mol. The van der Waals surface area contributed by atoms with Gasteiger partial charge in [-0.25, -0.2) is 0 Å². The fourth-order valence-corrected chi connectivity index (χ4v) is 3.16. The fourth-order valence-electron chi connectivity index (χ4n) is 1.96. The number of hydrogen-bond acceptors (Lipinski definition) is 3. The van der Waals surface area contributed by atoms with E-state index in [-0.39, 0.29) is 17.6 Å². The zero-order valence-corrected chi connectivity index (χ0v) is 12.8. The Hall–Kier alpha value is -0.0900. The zero-order chi connectivity index (χ0) is 13.1. The lowest BCUT2D eigenvalue weighted by Gasteiger charge is -2.36. The lowest BCUT2D eigenvalue weighted by atomic mass is 9.84. The van der Waals surface area contributed by atoms with Crippen molar-refractivity contribution >= 4 is 22.9 Å². The van der Waals surface area contributed by atoms with Crippen molar-refractivity contribution in [2.75, 3.05) is 13.7 Å². The van der Waals surface area contributed by atoms with Crippen LogP contribution >= 0.6 is 22.9 Å². The van der Waals surface area contributed by atoms with E-state index in [1.807, 2.05) is 20.0 Å². The molecule has 0 saturated carbocycles. The van der Waals surface area contributed by atoms with Crippen LogP contribution in [0.3, 0.4) is 0 Å². The van der Waals surface area contributed by atoms with E-state index in [0.29, 0.717) is 0 Å². The second-order valence-electron chi connectivity index (χ2n) is 5.15. The summed E-state index contributed by atoms with van der Waals surface area (Å²) in [6, 6.07) is 4.20. The van der Waals surface area contributed by atoms with Crippen LogP contribution in [0.15, 0.2) is 12.1 Å². The highest BCUT2D eigenvalue weighted by atomic mass is 35.5. The molecule has 0 aliphatic carbocycles. The van der Waals surface area contributed by atoms with E-state index in [1.54, 1.807) is 11.3 Å². The number of ether oxygens (including phenoxy) is 1. The van der Waals surface area contributed by atoms with Crippen LogP contribution in [0.1, 0.15) is 38.6 Å². The van der Waals surface area contributed by atoms with Crippen molar-refractivity contribution < 1.29 is 4.74 Å². The molecule has 4 heteroatoms. The monoisotopic (exact) mass is 275 g/mol. The van der Waals surface area contributed by atoms with Crippen molar-refractivity contribution in [1.82, 2.24) is 5.32 Å². The summed E-state index contributed by atoms with van der Waals surface area (Å²) in [5.74, 6) is 0. The summed E-state index contributed by atoms with van der Waals surface area (Å²) in [5.41, 5.74) is 0.0835. The molecule has 0 spiro atoms. The topological polar surface area (TPSA) is 21.3 Å². The quantitative estimate of drug-likeness (QED) is 0.873. The lowest BCUT2D eigenvalue weighted by molar-refractivity contribution is -0.0343. The summed E-state index contributed by atoms with van der Waals surface area (Å²) in [5, 5.41) is 3.35. The van der Waals surface area contributed by atoms with Crippen molar-refractivity contribution in [3.05, 3.63) is 21.3 Å². The highest BCUT2D eigenvalue weighted by Crippen LogP contribution is 2.36. The van der Waals surface area contributed by atoms with Gasteiger partial charge in [-0.15, -0.1) is 11.3 Å². The number of hydrogen-bond donors (Lipinski definition) is 1. The third-order valence-electron chi connectivity index (χ3n) is 2.71. The molecule has 0 aliphatic heterocycles. The number of halogens is 1. The first kappa shape index (κ1) is 15.0. The first-order valence-corrected chi connectivity index (χ1v) is 7.13. The van der Waals surface area contributed by atoms with Gasteiger partial charge in [0.1, 0.15) is 0 Å². The predicted molar refractivity (Wildman–Crippen MR) is 76.0 cm³/mol. The molecule has 0 amide bonds. The molecule has 0 fully saturated rings. The summed E-state index contributed by atoms with van der Waals surface area (Å²) in [6.07, 6.45) is 0.132. The van der Waals surface area contributed by atoms with Gasteiger partial charge in [0.05, 0.1) is 16.5 Å². The molecular weight excluding hydrogens is 254 g/mol. The van der Waals surface area contributed by atoms with Gasteiger partial charge in [0.25, 0.3) is 0 Å². The number of rotatable bonds is 5. The van der Waals surface area contributed by atoms with Crippen molar-refractivity contribution in [1.29, 1.82) is 0 Å². The van der Waals surface area contributed by atoms with Gasteiger partial charge in [0.2, 0.25) is 0 Å². The fraction of sp³-hybridized carbons (Fsp3) is 0.692. The number of likely N-dealkylation sites (N-methyl/N-ethyl adjacent to an activating group) is 1. The SMILES string of the molecule is CCOC(C(NC)c1ccc(Cl)s1)C(C)(C)C. The molecule has 1 N–H and O–H groups in total. The standard InChI is InChI=1S/C13H22ClNOS/c1-6-16-12(13(2,3)4)11(15-5)9-7-8-10(14)17-9/h7-8,11-12,15H,6H2,1-5H3. The van der Waals surface area contributed by atoms with E-state index in [1.165, 1.54) is 4.88 Å². The second kappa shape index (κ2) is 6.19. The summed E-state index contributed by atoms with van der Waals surface area (Å²) in [4.78, 5) is 1.23. The van der Waals surface area contributed by atoms with E-state index >= 15 is 0 Å². The maximum absolute atomic E-state index is 6.01. The van der Waals surface area contributed by atoms with Gasteiger partial charge in [-0.3, -0.25) is 0 Å². The third-order valence-corrected chi connectivity index (χ3v) is 4.03. The Morgan fingerprint density at radius 2 is 2.06 bits per heavy atom. The molecule has 2 atom stereocenters. The first-order valence-electron chi connectivity index (χ1n) is 5.94. The largest absolute Gasteiger partial charge is 0.376 e. The van der Waals surface area contributed by atoms with E-state index in [0.717, 1.165) is 10.9 Å². The predicted octanol–water partition coefficient (Wildman–Crippen LogP) is 4.11. The highest BCUT2D eigenvalue weighted by molar-refractivity contribution is 7.16.